The minimum Gasteiger partial charge on any atom is -0.461 e. The van der Waals surface area contributed by atoms with E-state index in [2.05, 4.69) is 31.7 Å². The Morgan fingerprint density at radius 1 is 0.625 bits per heavy atom. The number of rotatable bonds is 11. The number of ether oxygens (including phenoxy) is 2. The average molecular weight is 500 g/mol. The van der Waals surface area contributed by atoms with Crippen LogP contribution in [0.5, 0.6) is 12.0 Å². The Kier molecular flexibility index (Phi) is 7.47. The molecule has 0 bridgehead atoms. The van der Waals surface area contributed by atoms with E-state index in [1.54, 1.807) is 0 Å². The van der Waals surface area contributed by atoms with Gasteiger partial charge in [-0.3, -0.25) is 0 Å². The molecule has 0 aromatic carbocycles. The molecule has 0 aliphatic carbocycles. The summed E-state index contributed by atoms with van der Waals surface area (Å²) in [5, 5.41) is 12.3. The molecule has 0 aliphatic heterocycles. The summed E-state index contributed by atoms with van der Waals surface area (Å²) < 4.78 is 177. The SMILES string of the molecule is C=CCOc1nnc(OCCC(F)(F)C(F)(F)C(F)(F)C(F)(F)C(F)(F)C(F)(F)F)nn1. The summed E-state index contributed by atoms with van der Waals surface area (Å²) in [4.78, 5) is 0. The van der Waals surface area contributed by atoms with E-state index in [1.807, 2.05) is 0 Å². The summed E-state index contributed by atoms with van der Waals surface area (Å²) in [6.07, 6.45) is -8.80. The topological polar surface area (TPSA) is 70.0 Å². The Balaban J connectivity index is 2.99. The minimum atomic E-state index is -7.95. The summed E-state index contributed by atoms with van der Waals surface area (Å²) in [5.41, 5.74) is 0. The third kappa shape index (κ3) is 4.74. The third-order valence-corrected chi connectivity index (χ3v) is 3.42. The van der Waals surface area contributed by atoms with Gasteiger partial charge in [-0.2, -0.15) is 57.1 Å². The van der Waals surface area contributed by atoms with Crippen LogP contribution in [0.1, 0.15) is 6.42 Å². The van der Waals surface area contributed by atoms with Gasteiger partial charge in [0, 0.05) is 0 Å². The number of alkyl halides is 13. The van der Waals surface area contributed by atoms with Crippen molar-refractivity contribution < 1.29 is 66.5 Å². The molecule has 184 valence electrons. The van der Waals surface area contributed by atoms with Gasteiger partial charge in [0.2, 0.25) is 0 Å². The van der Waals surface area contributed by atoms with Gasteiger partial charge in [0.25, 0.3) is 0 Å². The highest BCUT2D eigenvalue weighted by atomic mass is 19.4. The van der Waals surface area contributed by atoms with E-state index in [0.717, 1.165) is 0 Å². The molecule has 0 atom stereocenters. The molecule has 1 rings (SSSR count). The standard InChI is InChI=1S/C13H9F13N4O2/c1-2-4-31-6-27-29-7(30-28-6)32-5-3-8(14,15)9(16,17)10(18,19)11(20,21)12(22,23)13(24,25)26/h2H,1,3-5H2. The molecule has 1 heterocycles. The fourth-order valence-corrected chi connectivity index (χ4v) is 1.69. The number of hydrogen-bond acceptors (Lipinski definition) is 6. The molecular weight excluding hydrogens is 491 g/mol. The van der Waals surface area contributed by atoms with Crippen LogP contribution in [0.15, 0.2) is 12.7 Å². The Morgan fingerprint density at radius 2 is 1.03 bits per heavy atom. The smallest absolute Gasteiger partial charge is 0.460 e. The lowest BCUT2D eigenvalue weighted by Crippen LogP contribution is -2.70. The number of nitrogens with zero attached hydrogens (tertiary/aromatic N) is 4. The summed E-state index contributed by atoms with van der Waals surface area (Å²) in [6.45, 7) is 1.40. The molecule has 0 saturated carbocycles. The summed E-state index contributed by atoms with van der Waals surface area (Å²) in [6, 6.07) is -1.52. The molecule has 0 fully saturated rings. The Labute approximate surface area is 168 Å². The zero-order valence-electron chi connectivity index (χ0n) is 14.9. The van der Waals surface area contributed by atoms with Gasteiger partial charge in [-0.15, -0.1) is 0 Å². The fourth-order valence-electron chi connectivity index (χ4n) is 1.69. The molecular formula is C13H9F13N4O2. The van der Waals surface area contributed by atoms with Crippen LogP contribution >= 0.6 is 0 Å². The van der Waals surface area contributed by atoms with Gasteiger partial charge in [-0.05, 0) is 0 Å². The molecule has 0 radical (unpaired) electrons. The van der Waals surface area contributed by atoms with Crippen molar-refractivity contribution >= 4 is 0 Å². The highest BCUT2D eigenvalue weighted by Crippen LogP contribution is 2.60. The number of hydrogen-bond donors (Lipinski definition) is 0. The van der Waals surface area contributed by atoms with Gasteiger partial charge < -0.3 is 9.47 Å². The molecule has 0 unspecified atom stereocenters. The number of aromatic nitrogens is 4. The van der Waals surface area contributed by atoms with Crippen LogP contribution in [0.4, 0.5) is 57.1 Å². The maximum Gasteiger partial charge on any atom is 0.460 e. The van der Waals surface area contributed by atoms with E-state index in [4.69, 9.17) is 4.74 Å². The van der Waals surface area contributed by atoms with E-state index in [-0.39, 0.29) is 6.61 Å². The summed E-state index contributed by atoms with van der Waals surface area (Å²) in [7, 11) is 0. The van der Waals surface area contributed by atoms with E-state index >= 15 is 0 Å². The second-order valence-corrected chi connectivity index (χ2v) is 5.66. The quantitative estimate of drug-likeness (QED) is 0.333. The normalized spacial score (nSPS) is 14.3. The Hall–Kier alpha value is -2.63. The molecule has 0 spiro atoms. The Morgan fingerprint density at radius 3 is 1.44 bits per heavy atom. The van der Waals surface area contributed by atoms with Gasteiger partial charge in [-0.1, -0.05) is 33.0 Å². The predicted octanol–water partition coefficient (Wildman–Crippen LogP) is 4.34. The van der Waals surface area contributed by atoms with Gasteiger partial charge in [0.15, 0.2) is 0 Å². The van der Waals surface area contributed by atoms with E-state index in [1.165, 1.54) is 6.08 Å². The van der Waals surface area contributed by atoms with Crippen LogP contribution in [0.2, 0.25) is 0 Å². The van der Waals surface area contributed by atoms with Crippen molar-refractivity contribution in [3.63, 3.8) is 0 Å². The lowest BCUT2D eigenvalue weighted by molar-refractivity contribution is -0.440. The van der Waals surface area contributed by atoms with Crippen LogP contribution in [-0.4, -0.2) is 69.4 Å². The molecule has 6 nitrogen and oxygen atoms in total. The van der Waals surface area contributed by atoms with Crippen LogP contribution < -0.4 is 9.47 Å². The van der Waals surface area contributed by atoms with Crippen molar-refractivity contribution in [3.8, 4) is 12.0 Å². The highest BCUT2D eigenvalue weighted by molar-refractivity contribution is 5.10. The van der Waals surface area contributed by atoms with Crippen molar-refractivity contribution in [1.82, 2.24) is 20.4 Å². The van der Waals surface area contributed by atoms with Crippen molar-refractivity contribution in [3.05, 3.63) is 12.7 Å². The maximum atomic E-state index is 13.5. The first kappa shape index (κ1) is 27.4. The highest BCUT2D eigenvalue weighted by Gasteiger charge is 2.90. The van der Waals surface area contributed by atoms with Gasteiger partial charge >= 0.3 is 47.8 Å². The Bertz CT molecular complexity index is 783. The van der Waals surface area contributed by atoms with Crippen molar-refractivity contribution in [2.75, 3.05) is 13.2 Å². The maximum absolute atomic E-state index is 13.5. The summed E-state index contributed by atoms with van der Waals surface area (Å²) in [5.74, 6) is -37.2. The van der Waals surface area contributed by atoms with Gasteiger partial charge in [-0.25, -0.2) is 0 Å². The monoisotopic (exact) mass is 500 g/mol. The molecule has 1 aromatic heterocycles. The first-order valence-electron chi connectivity index (χ1n) is 7.66. The van der Waals surface area contributed by atoms with Gasteiger partial charge in [0.1, 0.15) is 6.61 Å². The minimum absolute atomic E-state index is 0.128. The van der Waals surface area contributed by atoms with E-state index in [0.29, 0.717) is 0 Å². The van der Waals surface area contributed by atoms with Crippen molar-refractivity contribution in [2.24, 2.45) is 0 Å². The lowest BCUT2D eigenvalue weighted by atomic mass is 9.93. The van der Waals surface area contributed by atoms with Crippen molar-refractivity contribution in [2.45, 2.75) is 42.2 Å². The molecule has 19 heteroatoms. The largest absolute Gasteiger partial charge is 0.461 e. The van der Waals surface area contributed by atoms with Crippen LogP contribution in [0.25, 0.3) is 0 Å². The number of halogens is 13. The third-order valence-electron chi connectivity index (χ3n) is 3.42. The predicted molar refractivity (Wildman–Crippen MR) is 74.2 cm³/mol. The molecule has 0 aliphatic rings. The average Bonchev–Trinajstić information content (AvgIpc) is 2.65. The summed E-state index contributed by atoms with van der Waals surface area (Å²) >= 11 is 0. The zero-order chi connectivity index (χ0) is 25.2. The fraction of sp³-hybridized carbons (Fsp3) is 0.692. The second kappa shape index (κ2) is 8.72. The van der Waals surface area contributed by atoms with E-state index in [9.17, 15) is 57.1 Å². The zero-order valence-corrected chi connectivity index (χ0v) is 14.9. The van der Waals surface area contributed by atoms with E-state index < -0.39 is 60.8 Å². The molecule has 0 amide bonds. The van der Waals surface area contributed by atoms with Gasteiger partial charge in [0.05, 0.1) is 13.0 Å². The molecule has 1 aromatic rings. The van der Waals surface area contributed by atoms with Crippen LogP contribution in [0.3, 0.4) is 0 Å². The van der Waals surface area contributed by atoms with Crippen molar-refractivity contribution in [1.29, 1.82) is 0 Å². The molecule has 0 N–H and O–H groups in total. The second-order valence-electron chi connectivity index (χ2n) is 5.66. The van der Waals surface area contributed by atoms with Crippen LogP contribution in [-0.2, 0) is 0 Å². The van der Waals surface area contributed by atoms with Crippen LogP contribution in [0, 0.1) is 0 Å². The lowest BCUT2D eigenvalue weighted by Gasteiger charge is -2.39. The first-order chi connectivity index (χ1) is 14.3. The molecule has 32 heavy (non-hydrogen) atoms. The molecule has 0 saturated heterocycles. The first-order valence-corrected chi connectivity index (χ1v) is 7.66.